The molecule has 1 atom stereocenters. The second kappa shape index (κ2) is 6.89. The fraction of sp³-hybridized carbons (Fsp3) is 0.636. The Hall–Kier alpha value is -0.890. The molecule has 0 aliphatic rings. The van der Waals surface area contributed by atoms with Crippen molar-refractivity contribution in [3.05, 3.63) is 24.2 Å². The molecule has 1 aromatic rings. The van der Waals surface area contributed by atoms with E-state index in [1.807, 2.05) is 0 Å². The van der Waals surface area contributed by atoms with Crippen LogP contribution in [0.1, 0.15) is 19.1 Å². The molecule has 0 saturated carbocycles. The molecule has 0 aliphatic carbocycles. The monoisotopic (exact) mass is 276 g/mol. The summed E-state index contributed by atoms with van der Waals surface area (Å²) in [5, 5.41) is 8.68. The van der Waals surface area contributed by atoms with Crippen LogP contribution in [0.5, 0.6) is 0 Å². The van der Waals surface area contributed by atoms with Crippen LogP contribution >= 0.6 is 0 Å². The molecular formula is C11H20N2O4S. The second-order valence-corrected chi connectivity index (χ2v) is 6.02. The number of furan rings is 1. The summed E-state index contributed by atoms with van der Waals surface area (Å²) >= 11 is 0. The summed E-state index contributed by atoms with van der Waals surface area (Å²) in [6, 6.07) is 3.32. The van der Waals surface area contributed by atoms with Crippen molar-refractivity contribution < 1.29 is 17.9 Å². The van der Waals surface area contributed by atoms with Crippen molar-refractivity contribution in [3.63, 3.8) is 0 Å². The summed E-state index contributed by atoms with van der Waals surface area (Å²) in [6.45, 7) is 2.04. The van der Waals surface area contributed by atoms with Gasteiger partial charge in [0.25, 0.3) is 10.2 Å². The summed E-state index contributed by atoms with van der Waals surface area (Å²) in [6.07, 6.45) is 2.48. The first kappa shape index (κ1) is 15.2. The Labute approximate surface area is 108 Å². The lowest BCUT2D eigenvalue weighted by Crippen LogP contribution is -2.43. The Morgan fingerprint density at radius 1 is 1.56 bits per heavy atom. The smallest absolute Gasteiger partial charge is 0.279 e. The van der Waals surface area contributed by atoms with Crippen LogP contribution in [0.25, 0.3) is 0 Å². The van der Waals surface area contributed by atoms with E-state index in [0.29, 0.717) is 19.4 Å². The molecule has 0 bridgehead atoms. The van der Waals surface area contributed by atoms with Crippen molar-refractivity contribution >= 4 is 10.2 Å². The SMILES string of the molecule is CC(Cc1ccco1)NS(=O)(=O)N(C)CCCO. The second-order valence-electron chi connectivity index (χ2n) is 4.21. The molecule has 2 N–H and O–H groups in total. The van der Waals surface area contributed by atoms with E-state index < -0.39 is 10.2 Å². The first-order chi connectivity index (χ1) is 8.45. The van der Waals surface area contributed by atoms with Gasteiger partial charge in [0.2, 0.25) is 0 Å². The van der Waals surface area contributed by atoms with Gasteiger partial charge in [0.1, 0.15) is 5.76 Å². The normalized spacial score (nSPS) is 14.0. The number of nitrogens with one attached hydrogen (secondary N) is 1. The molecular weight excluding hydrogens is 256 g/mol. The Bertz CT molecular complexity index is 430. The van der Waals surface area contributed by atoms with Crippen molar-refractivity contribution in [2.45, 2.75) is 25.8 Å². The first-order valence-corrected chi connectivity index (χ1v) is 7.26. The Morgan fingerprint density at radius 2 is 2.28 bits per heavy atom. The van der Waals surface area contributed by atoms with E-state index in [0.717, 1.165) is 5.76 Å². The molecule has 0 amide bonds. The van der Waals surface area contributed by atoms with Gasteiger partial charge in [0.15, 0.2) is 0 Å². The molecule has 1 unspecified atom stereocenters. The van der Waals surface area contributed by atoms with E-state index >= 15 is 0 Å². The highest BCUT2D eigenvalue weighted by molar-refractivity contribution is 7.87. The van der Waals surface area contributed by atoms with Crippen molar-refractivity contribution in [1.29, 1.82) is 0 Å². The van der Waals surface area contributed by atoms with Crippen molar-refractivity contribution in [1.82, 2.24) is 9.03 Å². The largest absolute Gasteiger partial charge is 0.469 e. The lowest BCUT2D eigenvalue weighted by molar-refractivity contribution is 0.275. The van der Waals surface area contributed by atoms with Gasteiger partial charge in [-0.15, -0.1) is 0 Å². The Kier molecular flexibility index (Phi) is 5.80. The Balaban J connectivity index is 2.49. The van der Waals surface area contributed by atoms with Gasteiger partial charge < -0.3 is 9.52 Å². The van der Waals surface area contributed by atoms with Crippen LogP contribution < -0.4 is 4.72 Å². The zero-order chi connectivity index (χ0) is 13.6. The highest BCUT2D eigenvalue weighted by atomic mass is 32.2. The minimum Gasteiger partial charge on any atom is -0.469 e. The average Bonchev–Trinajstić information content (AvgIpc) is 2.77. The van der Waals surface area contributed by atoms with Crippen LogP contribution in [0.4, 0.5) is 0 Å². The van der Waals surface area contributed by atoms with Gasteiger partial charge in [0.05, 0.1) is 6.26 Å². The van der Waals surface area contributed by atoms with Gasteiger partial charge in [-0.1, -0.05) is 0 Å². The molecule has 0 fully saturated rings. The van der Waals surface area contributed by atoms with E-state index in [-0.39, 0.29) is 12.6 Å². The van der Waals surface area contributed by atoms with E-state index in [9.17, 15) is 8.42 Å². The molecule has 0 aliphatic heterocycles. The van der Waals surface area contributed by atoms with E-state index in [4.69, 9.17) is 9.52 Å². The van der Waals surface area contributed by atoms with Crippen LogP contribution in [-0.2, 0) is 16.6 Å². The van der Waals surface area contributed by atoms with Crippen LogP contribution in [0.2, 0.25) is 0 Å². The maximum absolute atomic E-state index is 11.9. The van der Waals surface area contributed by atoms with Gasteiger partial charge in [-0.05, 0) is 25.5 Å². The third-order valence-electron chi connectivity index (χ3n) is 2.48. The van der Waals surface area contributed by atoms with E-state index in [1.54, 1.807) is 25.3 Å². The van der Waals surface area contributed by atoms with Crippen molar-refractivity contribution in [2.75, 3.05) is 20.2 Å². The first-order valence-electron chi connectivity index (χ1n) is 5.82. The van der Waals surface area contributed by atoms with Gasteiger partial charge in [0, 0.05) is 32.7 Å². The minimum atomic E-state index is -3.50. The number of hydrogen-bond donors (Lipinski definition) is 2. The molecule has 0 aromatic carbocycles. The average molecular weight is 276 g/mol. The van der Waals surface area contributed by atoms with Crippen LogP contribution in [0, 0.1) is 0 Å². The lowest BCUT2D eigenvalue weighted by Gasteiger charge is -2.20. The minimum absolute atomic E-state index is 0.0260. The lowest BCUT2D eigenvalue weighted by atomic mass is 10.2. The maximum atomic E-state index is 11.9. The molecule has 1 aromatic heterocycles. The summed E-state index contributed by atoms with van der Waals surface area (Å²) in [4.78, 5) is 0. The summed E-state index contributed by atoms with van der Waals surface area (Å²) in [5.74, 6) is 0.739. The molecule has 0 radical (unpaired) electrons. The predicted molar refractivity (Wildman–Crippen MR) is 68.3 cm³/mol. The number of aliphatic hydroxyl groups is 1. The standard InChI is InChI=1S/C11H20N2O4S/c1-10(9-11-5-3-8-17-11)12-18(15,16)13(2)6-4-7-14/h3,5,8,10,12,14H,4,6-7,9H2,1-2H3. The highest BCUT2D eigenvalue weighted by Crippen LogP contribution is 2.06. The van der Waals surface area contributed by atoms with Crippen LogP contribution in [-0.4, -0.2) is 44.1 Å². The molecule has 0 saturated heterocycles. The topological polar surface area (TPSA) is 82.8 Å². The third kappa shape index (κ3) is 4.77. The highest BCUT2D eigenvalue weighted by Gasteiger charge is 2.20. The van der Waals surface area contributed by atoms with E-state index in [2.05, 4.69) is 4.72 Å². The molecule has 7 heteroatoms. The van der Waals surface area contributed by atoms with Crippen molar-refractivity contribution in [2.24, 2.45) is 0 Å². The third-order valence-corrected chi connectivity index (χ3v) is 4.18. The molecule has 6 nitrogen and oxygen atoms in total. The molecule has 0 spiro atoms. The zero-order valence-corrected chi connectivity index (χ0v) is 11.5. The fourth-order valence-electron chi connectivity index (χ4n) is 1.53. The van der Waals surface area contributed by atoms with E-state index in [1.165, 1.54) is 11.4 Å². The molecule has 1 rings (SSSR count). The van der Waals surface area contributed by atoms with Gasteiger partial charge >= 0.3 is 0 Å². The van der Waals surface area contributed by atoms with Gasteiger partial charge in [-0.25, -0.2) is 0 Å². The maximum Gasteiger partial charge on any atom is 0.279 e. The summed E-state index contributed by atoms with van der Waals surface area (Å²) in [7, 11) is -2.02. The Morgan fingerprint density at radius 3 is 2.83 bits per heavy atom. The number of hydrogen-bond acceptors (Lipinski definition) is 4. The van der Waals surface area contributed by atoms with Gasteiger partial charge in [-0.2, -0.15) is 17.4 Å². The quantitative estimate of drug-likeness (QED) is 0.718. The van der Waals surface area contributed by atoms with Crippen LogP contribution in [0.3, 0.4) is 0 Å². The van der Waals surface area contributed by atoms with Gasteiger partial charge in [-0.3, -0.25) is 0 Å². The predicted octanol–water partition coefficient (Wildman–Crippen LogP) is 0.359. The molecule has 18 heavy (non-hydrogen) atoms. The van der Waals surface area contributed by atoms with Crippen molar-refractivity contribution in [3.8, 4) is 0 Å². The molecule has 1 heterocycles. The number of rotatable bonds is 8. The zero-order valence-electron chi connectivity index (χ0n) is 10.7. The number of nitrogens with zero attached hydrogens (tertiary/aromatic N) is 1. The molecule has 104 valence electrons. The fourth-order valence-corrected chi connectivity index (χ4v) is 2.67. The summed E-state index contributed by atoms with van der Waals surface area (Å²) in [5.41, 5.74) is 0. The summed E-state index contributed by atoms with van der Waals surface area (Å²) < 4.78 is 32.7. The number of aliphatic hydroxyl groups excluding tert-OH is 1. The van der Waals surface area contributed by atoms with Crippen LogP contribution in [0.15, 0.2) is 22.8 Å².